The quantitative estimate of drug-likeness (QED) is 0.668. The van der Waals surface area contributed by atoms with Gasteiger partial charge in [0.1, 0.15) is 5.82 Å². The maximum atomic E-state index is 13.2. The second kappa shape index (κ2) is 5.70. The maximum Gasteiger partial charge on any atom is 0.272 e. The van der Waals surface area contributed by atoms with Crippen molar-refractivity contribution >= 4 is 17.0 Å². The fourth-order valence-electron chi connectivity index (χ4n) is 1.58. The van der Waals surface area contributed by atoms with E-state index in [1.54, 1.807) is 11.3 Å². The molecule has 0 aliphatic heterocycles. The smallest absolute Gasteiger partial charge is 0.272 e. The SMILES string of the molecule is O=[N+]([O-])c1cc(F)cc(CNCc2cccs2)c1. The van der Waals surface area contributed by atoms with Crippen LogP contribution in [0.1, 0.15) is 10.4 Å². The number of rotatable bonds is 5. The third-order valence-electron chi connectivity index (χ3n) is 2.36. The highest BCUT2D eigenvalue weighted by Crippen LogP contribution is 2.16. The van der Waals surface area contributed by atoms with Gasteiger partial charge in [0.05, 0.1) is 11.0 Å². The Morgan fingerprint density at radius 2 is 2.17 bits per heavy atom. The van der Waals surface area contributed by atoms with Crippen molar-refractivity contribution in [3.63, 3.8) is 0 Å². The van der Waals surface area contributed by atoms with E-state index >= 15 is 0 Å². The van der Waals surface area contributed by atoms with E-state index in [4.69, 9.17) is 0 Å². The molecule has 0 unspecified atom stereocenters. The van der Waals surface area contributed by atoms with E-state index in [0.29, 0.717) is 18.7 Å². The zero-order chi connectivity index (χ0) is 13.0. The molecule has 6 heteroatoms. The number of halogens is 1. The molecule has 0 aliphatic rings. The lowest BCUT2D eigenvalue weighted by Gasteiger charge is -2.04. The molecule has 0 bridgehead atoms. The van der Waals surface area contributed by atoms with E-state index in [1.807, 2.05) is 17.5 Å². The van der Waals surface area contributed by atoms with Crippen molar-refractivity contribution in [2.75, 3.05) is 0 Å². The standard InChI is InChI=1S/C12H11FN2O2S/c13-10-4-9(5-11(6-10)15(16)17)7-14-8-12-2-1-3-18-12/h1-6,14H,7-8H2. The molecule has 0 saturated carbocycles. The summed E-state index contributed by atoms with van der Waals surface area (Å²) in [5.74, 6) is -0.586. The van der Waals surface area contributed by atoms with Gasteiger partial charge in [0, 0.05) is 24.0 Å². The lowest BCUT2D eigenvalue weighted by Crippen LogP contribution is -2.12. The molecule has 0 aliphatic carbocycles. The molecular weight excluding hydrogens is 255 g/mol. The van der Waals surface area contributed by atoms with E-state index in [0.717, 1.165) is 6.07 Å². The number of thiophene rings is 1. The highest BCUT2D eigenvalue weighted by atomic mass is 32.1. The van der Waals surface area contributed by atoms with Gasteiger partial charge < -0.3 is 5.32 Å². The van der Waals surface area contributed by atoms with Crippen LogP contribution in [0.2, 0.25) is 0 Å². The van der Waals surface area contributed by atoms with Crippen LogP contribution in [-0.4, -0.2) is 4.92 Å². The molecule has 2 aromatic rings. The first-order chi connectivity index (χ1) is 8.65. The number of non-ortho nitro benzene ring substituents is 1. The lowest BCUT2D eigenvalue weighted by atomic mass is 10.2. The average Bonchev–Trinajstić information content (AvgIpc) is 2.81. The lowest BCUT2D eigenvalue weighted by molar-refractivity contribution is -0.385. The van der Waals surface area contributed by atoms with Gasteiger partial charge in [-0.1, -0.05) is 6.07 Å². The predicted molar refractivity (Wildman–Crippen MR) is 67.9 cm³/mol. The monoisotopic (exact) mass is 266 g/mol. The summed E-state index contributed by atoms with van der Waals surface area (Å²) in [4.78, 5) is 11.2. The van der Waals surface area contributed by atoms with Crippen molar-refractivity contribution < 1.29 is 9.31 Å². The molecule has 1 N–H and O–H groups in total. The Balaban J connectivity index is 1.98. The van der Waals surface area contributed by atoms with Crippen LogP contribution in [0.5, 0.6) is 0 Å². The molecule has 94 valence electrons. The van der Waals surface area contributed by atoms with Crippen LogP contribution in [0.3, 0.4) is 0 Å². The van der Waals surface area contributed by atoms with Crippen LogP contribution < -0.4 is 5.32 Å². The number of nitrogens with zero attached hydrogens (tertiary/aromatic N) is 1. The highest BCUT2D eigenvalue weighted by Gasteiger charge is 2.09. The van der Waals surface area contributed by atoms with Crippen molar-refractivity contribution in [2.45, 2.75) is 13.1 Å². The van der Waals surface area contributed by atoms with Crippen LogP contribution in [0.15, 0.2) is 35.7 Å². The second-order valence-electron chi connectivity index (χ2n) is 3.76. The minimum Gasteiger partial charge on any atom is -0.308 e. The third kappa shape index (κ3) is 3.35. The van der Waals surface area contributed by atoms with Crippen LogP contribution in [-0.2, 0) is 13.1 Å². The first kappa shape index (κ1) is 12.7. The number of nitro groups is 1. The summed E-state index contributed by atoms with van der Waals surface area (Å²) < 4.78 is 13.2. The molecule has 1 aromatic carbocycles. The average molecular weight is 266 g/mol. The zero-order valence-corrected chi connectivity index (χ0v) is 10.2. The normalized spacial score (nSPS) is 10.5. The molecule has 0 spiro atoms. The largest absolute Gasteiger partial charge is 0.308 e. The predicted octanol–water partition coefficient (Wildman–Crippen LogP) is 3.09. The first-order valence-electron chi connectivity index (χ1n) is 5.32. The van der Waals surface area contributed by atoms with Crippen molar-refractivity contribution in [1.29, 1.82) is 0 Å². The van der Waals surface area contributed by atoms with E-state index < -0.39 is 10.7 Å². The first-order valence-corrected chi connectivity index (χ1v) is 6.20. The van der Waals surface area contributed by atoms with Gasteiger partial charge in [-0.3, -0.25) is 10.1 Å². The molecule has 1 heterocycles. The summed E-state index contributed by atoms with van der Waals surface area (Å²) in [5.41, 5.74) is 0.348. The molecule has 0 saturated heterocycles. The Hall–Kier alpha value is -1.79. The maximum absolute atomic E-state index is 13.2. The van der Waals surface area contributed by atoms with Gasteiger partial charge >= 0.3 is 0 Å². The molecule has 2 rings (SSSR count). The Morgan fingerprint density at radius 3 is 2.83 bits per heavy atom. The van der Waals surface area contributed by atoms with Crippen molar-refractivity contribution in [2.24, 2.45) is 0 Å². The van der Waals surface area contributed by atoms with Crippen molar-refractivity contribution in [1.82, 2.24) is 5.32 Å². The number of benzene rings is 1. The second-order valence-corrected chi connectivity index (χ2v) is 4.79. The molecule has 1 aromatic heterocycles. The number of hydrogen-bond acceptors (Lipinski definition) is 4. The van der Waals surface area contributed by atoms with Crippen LogP contribution in [0.4, 0.5) is 10.1 Å². The fraction of sp³-hybridized carbons (Fsp3) is 0.167. The van der Waals surface area contributed by atoms with Gasteiger partial charge in [-0.15, -0.1) is 11.3 Å². The minimum atomic E-state index is -0.591. The van der Waals surface area contributed by atoms with Gasteiger partial charge in [0.15, 0.2) is 0 Å². The summed E-state index contributed by atoms with van der Waals surface area (Å²) >= 11 is 1.62. The molecule has 0 atom stereocenters. The highest BCUT2D eigenvalue weighted by molar-refractivity contribution is 7.09. The topological polar surface area (TPSA) is 55.2 Å². The van der Waals surface area contributed by atoms with Gasteiger partial charge in [-0.05, 0) is 23.1 Å². The Labute approximate surface area is 107 Å². The van der Waals surface area contributed by atoms with Crippen LogP contribution in [0, 0.1) is 15.9 Å². The zero-order valence-electron chi connectivity index (χ0n) is 9.43. The summed E-state index contributed by atoms with van der Waals surface area (Å²) in [7, 11) is 0. The molecular formula is C12H11FN2O2S. The van der Waals surface area contributed by atoms with Gasteiger partial charge in [-0.25, -0.2) is 4.39 Å². The molecule has 4 nitrogen and oxygen atoms in total. The van der Waals surface area contributed by atoms with Gasteiger partial charge in [0.25, 0.3) is 5.69 Å². The Morgan fingerprint density at radius 1 is 1.33 bits per heavy atom. The summed E-state index contributed by atoms with van der Waals surface area (Å²) in [6.07, 6.45) is 0. The third-order valence-corrected chi connectivity index (χ3v) is 3.24. The molecule has 0 radical (unpaired) electrons. The van der Waals surface area contributed by atoms with Crippen LogP contribution in [0.25, 0.3) is 0 Å². The fourth-order valence-corrected chi connectivity index (χ4v) is 2.26. The Kier molecular flexibility index (Phi) is 4.01. The van der Waals surface area contributed by atoms with Gasteiger partial charge in [-0.2, -0.15) is 0 Å². The molecule has 0 amide bonds. The van der Waals surface area contributed by atoms with Gasteiger partial charge in [0.2, 0.25) is 0 Å². The molecule has 0 fully saturated rings. The van der Waals surface area contributed by atoms with E-state index in [1.165, 1.54) is 17.0 Å². The van der Waals surface area contributed by atoms with E-state index in [-0.39, 0.29) is 5.69 Å². The Bertz CT molecular complexity index is 543. The van der Waals surface area contributed by atoms with Crippen molar-refractivity contribution in [3.8, 4) is 0 Å². The minimum absolute atomic E-state index is 0.220. The summed E-state index contributed by atoms with van der Waals surface area (Å²) in [5, 5.41) is 15.7. The van der Waals surface area contributed by atoms with Crippen molar-refractivity contribution in [3.05, 3.63) is 62.1 Å². The summed E-state index contributed by atoms with van der Waals surface area (Å²) in [6.45, 7) is 1.07. The number of nitrogens with one attached hydrogen (secondary N) is 1. The number of nitro benzene ring substituents is 1. The molecule has 18 heavy (non-hydrogen) atoms. The van der Waals surface area contributed by atoms with E-state index in [2.05, 4.69) is 5.32 Å². The van der Waals surface area contributed by atoms with E-state index in [9.17, 15) is 14.5 Å². The summed E-state index contributed by atoms with van der Waals surface area (Å²) in [6, 6.07) is 7.54. The number of hydrogen-bond donors (Lipinski definition) is 1. The van der Waals surface area contributed by atoms with Crippen LogP contribution >= 0.6 is 11.3 Å².